The number of benzene rings is 2. The fraction of sp³-hybridized carbons (Fsp3) is 0.333. The van der Waals surface area contributed by atoms with E-state index < -0.39 is 12.1 Å². The van der Waals surface area contributed by atoms with E-state index in [-0.39, 0.29) is 12.1 Å². The molecule has 2 aliphatic rings. The van der Waals surface area contributed by atoms with E-state index in [1.165, 1.54) is 5.56 Å². The lowest BCUT2D eigenvalue weighted by Crippen LogP contribution is -2.37. The first-order valence-corrected chi connectivity index (χ1v) is 16.0. The number of aromatic amines is 1. The van der Waals surface area contributed by atoms with Gasteiger partial charge in [-0.3, -0.25) is 10.2 Å². The Morgan fingerprint density at radius 1 is 0.960 bits per heavy atom. The van der Waals surface area contributed by atoms with Crippen LogP contribution in [-0.4, -0.2) is 97.3 Å². The number of H-pyrrole nitrogens is 1. The minimum atomic E-state index is -5.08. The van der Waals surface area contributed by atoms with Gasteiger partial charge in [0.15, 0.2) is 11.5 Å². The Morgan fingerprint density at radius 2 is 1.66 bits per heavy atom. The number of carbonyl (C=O) groups is 2. The van der Waals surface area contributed by atoms with E-state index in [1.807, 2.05) is 30.5 Å². The van der Waals surface area contributed by atoms with Gasteiger partial charge < -0.3 is 25.0 Å². The van der Waals surface area contributed by atoms with Crippen molar-refractivity contribution < 1.29 is 32.6 Å². The summed E-state index contributed by atoms with van der Waals surface area (Å²) in [6, 6.07) is 18.1. The predicted octanol–water partition coefficient (Wildman–Crippen LogP) is 5.17. The number of aromatic nitrogens is 6. The summed E-state index contributed by atoms with van der Waals surface area (Å²) in [6.45, 7) is 5.85. The highest BCUT2D eigenvalue weighted by atomic mass is 19.4. The maximum absolute atomic E-state index is 12.3. The minimum Gasteiger partial charge on any atom is -0.475 e. The zero-order valence-corrected chi connectivity index (χ0v) is 26.8. The largest absolute Gasteiger partial charge is 0.490 e. The highest BCUT2D eigenvalue weighted by Crippen LogP contribution is 2.32. The number of carboxylic acids is 1. The number of anilines is 3. The molecule has 2 fully saturated rings. The molecule has 0 aliphatic carbocycles. The number of likely N-dealkylation sites (tertiary alicyclic amines) is 1. The summed E-state index contributed by atoms with van der Waals surface area (Å²) >= 11 is 0. The molecule has 50 heavy (non-hydrogen) atoms. The Hall–Kier alpha value is -5.55. The first-order valence-electron chi connectivity index (χ1n) is 16.0. The van der Waals surface area contributed by atoms with E-state index in [2.05, 4.69) is 65.4 Å². The average Bonchev–Trinajstić information content (AvgIpc) is 3.79. The van der Waals surface area contributed by atoms with Gasteiger partial charge in [0.25, 0.3) is 0 Å². The van der Waals surface area contributed by atoms with Crippen LogP contribution in [0.2, 0.25) is 0 Å². The molecular formula is C33H35F3N10O4. The molecule has 14 nitrogen and oxygen atoms in total. The van der Waals surface area contributed by atoms with Crippen LogP contribution in [0.4, 0.5) is 35.4 Å². The number of fused-ring (bicyclic) bond motifs is 1. The second-order valence-electron chi connectivity index (χ2n) is 11.7. The normalized spacial score (nSPS) is 15.7. The lowest BCUT2D eigenvalue weighted by molar-refractivity contribution is -0.192. The third-order valence-electron chi connectivity index (χ3n) is 8.27. The number of urea groups is 1. The van der Waals surface area contributed by atoms with E-state index in [0.29, 0.717) is 30.7 Å². The number of halogens is 3. The van der Waals surface area contributed by atoms with Gasteiger partial charge in [-0.1, -0.05) is 30.3 Å². The van der Waals surface area contributed by atoms with E-state index in [4.69, 9.17) is 29.7 Å². The monoisotopic (exact) mass is 692 g/mol. The van der Waals surface area contributed by atoms with Gasteiger partial charge in [0.1, 0.15) is 5.82 Å². The Labute approximate surface area is 284 Å². The van der Waals surface area contributed by atoms with Crippen LogP contribution in [0.5, 0.6) is 0 Å². The standard InChI is InChI=1S/C31H34N10O2.C2HF3O2/c42-31(38-30-32-12-13-33-30)35-24-8-6-23(7-9-24)27-36-28(40-16-18-43-19-17-40)26-20-34-41(29(26)37-27)25-10-14-39(15-11-25)21-22-4-2-1-3-5-22;3-2(4,5)1(6)7/h1-9,12-13,20,25H,10-11,14-19,21H2,(H3,32,33,35,38,42);(H,6,7). The van der Waals surface area contributed by atoms with E-state index >= 15 is 0 Å². The smallest absolute Gasteiger partial charge is 0.475 e. The van der Waals surface area contributed by atoms with Crippen molar-refractivity contribution in [1.29, 1.82) is 0 Å². The number of nitrogens with one attached hydrogen (secondary N) is 3. The van der Waals surface area contributed by atoms with Gasteiger partial charge in [-0.15, -0.1) is 0 Å². The fourth-order valence-electron chi connectivity index (χ4n) is 5.79. The van der Waals surface area contributed by atoms with Crippen LogP contribution in [0.15, 0.2) is 73.2 Å². The number of ether oxygens (including phenoxy) is 1. The van der Waals surface area contributed by atoms with Crippen LogP contribution in [0, 0.1) is 0 Å². The quantitative estimate of drug-likeness (QED) is 0.179. The van der Waals surface area contributed by atoms with Crippen molar-refractivity contribution in [2.45, 2.75) is 31.6 Å². The summed E-state index contributed by atoms with van der Waals surface area (Å²) in [4.78, 5) is 43.0. The van der Waals surface area contributed by atoms with Crippen LogP contribution >= 0.6 is 0 Å². The van der Waals surface area contributed by atoms with Crippen LogP contribution in [0.25, 0.3) is 22.4 Å². The van der Waals surface area contributed by atoms with Gasteiger partial charge in [-0.25, -0.2) is 29.2 Å². The third-order valence-corrected chi connectivity index (χ3v) is 8.27. The summed E-state index contributed by atoms with van der Waals surface area (Å²) in [5.74, 6) is -0.864. The van der Waals surface area contributed by atoms with Crippen LogP contribution in [0.3, 0.4) is 0 Å². The number of rotatable bonds is 7. The topological polar surface area (TPSA) is 166 Å². The summed E-state index contributed by atoms with van der Waals surface area (Å²) in [6.07, 6.45) is 2.08. The molecule has 2 amide bonds. The second kappa shape index (κ2) is 15.3. The first kappa shape index (κ1) is 34.3. The number of hydrogen-bond acceptors (Lipinski definition) is 9. The van der Waals surface area contributed by atoms with E-state index in [9.17, 15) is 18.0 Å². The van der Waals surface area contributed by atoms with Crippen molar-refractivity contribution in [2.24, 2.45) is 0 Å². The first-order chi connectivity index (χ1) is 24.1. The summed E-state index contributed by atoms with van der Waals surface area (Å²) in [7, 11) is 0. The molecule has 0 bridgehead atoms. The molecule has 0 saturated carbocycles. The molecule has 0 spiro atoms. The molecular weight excluding hydrogens is 657 g/mol. The molecule has 4 N–H and O–H groups in total. The number of hydrogen-bond donors (Lipinski definition) is 4. The lowest BCUT2D eigenvalue weighted by atomic mass is 10.0. The van der Waals surface area contributed by atoms with Crippen LogP contribution in [0.1, 0.15) is 24.4 Å². The molecule has 5 heterocycles. The Bertz CT molecular complexity index is 1870. The van der Waals surface area contributed by atoms with E-state index in [1.54, 1.807) is 12.4 Å². The summed E-state index contributed by atoms with van der Waals surface area (Å²) < 4.78 is 39.5. The van der Waals surface area contributed by atoms with Gasteiger partial charge in [0.2, 0.25) is 5.95 Å². The van der Waals surface area contributed by atoms with Gasteiger partial charge >= 0.3 is 18.2 Å². The number of aliphatic carboxylic acids is 1. The second-order valence-corrected chi connectivity index (χ2v) is 11.7. The number of alkyl halides is 3. The minimum absolute atomic E-state index is 0.268. The summed E-state index contributed by atoms with van der Waals surface area (Å²) in [5, 5.41) is 18.4. The molecule has 2 aliphatic heterocycles. The molecule has 262 valence electrons. The predicted molar refractivity (Wildman–Crippen MR) is 179 cm³/mol. The van der Waals surface area contributed by atoms with Crippen molar-refractivity contribution in [3.63, 3.8) is 0 Å². The van der Waals surface area contributed by atoms with E-state index in [0.717, 1.165) is 68.0 Å². The van der Waals surface area contributed by atoms with Crippen molar-refractivity contribution in [2.75, 3.05) is 54.9 Å². The van der Waals surface area contributed by atoms with Gasteiger partial charge in [-0.05, 0) is 42.7 Å². The molecule has 0 atom stereocenters. The molecule has 5 aromatic rings. The number of nitrogens with zero attached hydrogens (tertiary/aromatic N) is 7. The number of carboxylic acid groups (broad SMARTS) is 1. The Kier molecular flexibility index (Phi) is 10.5. The van der Waals surface area contributed by atoms with Crippen molar-refractivity contribution >= 4 is 40.5 Å². The molecule has 0 radical (unpaired) electrons. The molecule has 2 saturated heterocycles. The number of morpholine rings is 1. The van der Waals surface area contributed by atoms with Crippen LogP contribution < -0.4 is 15.5 Å². The number of carbonyl (C=O) groups excluding carboxylic acids is 1. The molecule has 0 unspecified atom stereocenters. The average molecular weight is 693 g/mol. The molecule has 17 heteroatoms. The Morgan fingerprint density at radius 3 is 2.30 bits per heavy atom. The van der Waals surface area contributed by atoms with Crippen LogP contribution in [-0.2, 0) is 16.1 Å². The zero-order valence-electron chi connectivity index (χ0n) is 26.8. The van der Waals surface area contributed by atoms with Gasteiger partial charge in [0, 0.05) is 56.4 Å². The molecule has 2 aromatic carbocycles. The maximum atomic E-state index is 12.3. The lowest BCUT2D eigenvalue weighted by Gasteiger charge is -2.32. The zero-order chi connectivity index (χ0) is 35.1. The maximum Gasteiger partial charge on any atom is 0.490 e. The Balaban J connectivity index is 0.000000561. The fourth-order valence-corrected chi connectivity index (χ4v) is 5.79. The van der Waals surface area contributed by atoms with Gasteiger partial charge in [0.05, 0.1) is 30.8 Å². The van der Waals surface area contributed by atoms with Crippen molar-refractivity contribution in [1.82, 2.24) is 34.6 Å². The number of amides is 2. The molecule has 7 rings (SSSR count). The highest BCUT2D eigenvalue weighted by Gasteiger charge is 2.38. The number of piperidine rings is 1. The third kappa shape index (κ3) is 8.53. The van der Waals surface area contributed by atoms with Crippen molar-refractivity contribution in [3.8, 4) is 11.4 Å². The highest BCUT2D eigenvalue weighted by molar-refractivity contribution is 5.98. The molecule has 3 aromatic heterocycles. The van der Waals surface area contributed by atoms with Crippen molar-refractivity contribution in [3.05, 3.63) is 78.8 Å². The summed E-state index contributed by atoms with van der Waals surface area (Å²) in [5.41, 5.74) is 3.71. The van der Waals surface area contributed by atoms with Gasteiger partial charge in [-0.2, -0.15) is 18.3 Å². The number of imidazole rings is 1. The SMILES string of the molecule is O=C(Nc1ccc(-c2nc(N3CCOCC3)c3cnn(C4CCN(Cc5ccccc5)CC4)c3n2)cc1)Nc1ncc[nH]1.O=C(O)C(F)(F)F.